The Kier molecular flexibility index (Phi) is 5.88. The van der Waals surface area contributed by atoms with Gasteiger partial charge in [0, 0.05) is 10.5 Å². The lowest BCUT2D eigenvalue weighted by Gasteiger charge is -2.28. The van der Waals surface area contributed by atoms with Crippen molar-refractivity contribution in [2.24, 2.45) is 0 Å². The maximum absolute atomic E-state index is 12.0. The lowest BCUT2D eigenvalue weighted by Crippen LogP contribution is -2.46. The molecule has 7 heteroatoms. The summed E-state index contributed by atoms with van der Waals surface area (Å²) < 4.78 is 6.57. The Labute approximate surface area is 154 Å². The second-order valence-electron chi connectivity index (χ2n) is 6.00. The number of hydrogen-bond acceptors (Lipinski definition) is 4. The maximum Gasteiger partial charge on any atom is 0.319 e. The fraction of sp³-hybridized carbons (Fsp3) is 0.333. The van der Waals surface area contributed by atoms with Gasteiger partial charge < -0.3 is 20.5 Å². The summed E-state index contributed by atoms with van der Waals surface area (Å²) in [6, 6.07) is 10.3. The third-order valence-electron chi connectivity index (χ3n) is 4.06. The molecule has 0 saturated heterocycles. The Morgan fingerprint density at radius 2 is 2.08 bits per heavy atom. The molecule has 2 unspecified atom stereocenters. The van der Waals surface area contributed by atoms with Gasteiger partial charge in [0.05, 0.1) is 24.0 Å². The number of carbonyl (C=O) groups excluding carboxylic acids is 1. The van der Waals surface area contributed by atoms with Crippen LogP contribution in [-0.4, -0.2) is 28.3 Å². The number of nitrogens with zero attached hydrogens (tertiary/aromatic N) is 1. The van der Waals surface area contributed by atoms with Crippen molar-refractivity contribution in [1.82, 2.24) is 10.3 Å². The molecule has 1 saturated carbocycles. The minimum Gasteiger partial charge on any atom is -0.439 e. The largest absolute Gasteiger partial charge is 0.439 e. The molecule has 0 radical (unpaired) electrons. The van der Waals surface area contributed by atoms with E-state index in [1.165, 1.54) is 6.20 Å². The molecule has 25 heavy (non-hydrogen) atoms. The second-order valence-corrected chi connectivity index (χ2v) is 6.92. The monoisotopic (exact) mass is 405 g/mol. The molecule has 1 aromatic heterocycles. The second kappa shape index (κ2) is 8.31. The van der Waals surface area contributed by atoms with E-state index >= 15 is 0 Å². The number of halogens is 1. The van der Waals surface area contributed by atoms with Gasteiger partial charge in [0.25, 0.3) is 0 Å². The molecule has 1 fully saturated rings. The van der Waals surface area contributed by atoms with E-state index in [4.69, 9.17) is 4.74 Å². The zero-order chi connectivity index (χ0) is 17.6. The summed E-state index contributed by atoms with van der Waals surface area (Å²) in [5.41, 5.74) is 0.560. The van der Waals surface area contributed by atoms with Gasteiger partial charge in [-0.15, -0.1) is 0 Å². The van der Waals surface area contributed by atoms with Crippen LogP contribution < -0.4 is 15.4 Å². The topological polar surface area (TPSA) is 83.5 Å². The van der Waals surface area contributed by atoms with E-state index in [9.17, 15) is 9.90 Å². The standard InChI is InChI=1S/C18H20BrN3O3/c19-12-4-3-5-14(10-12)25-17-9-8-13(11-20-17)21-18(24)22-15-6-1-2-7-16(15)23/h3-5,8-11,15-16,23H,1-2,6-7H2,(H2,21,22,24). The third kappa shape index (κ3) is 5.17. The lowest BCUT2D eigenvalue weighted by molar-refractivity contribution is 0.0955. The van der Waals surface area contributed by atoms with Crippen molar-refractivity contribution in [3.8, 4) is 11.6 Å². The molecule has 2 aromatic rings. The Hall–Kier alpha value is -2.12. The number of pyridine rings is 1. The van der Waals surface area contributed by atoms with E-state index in [0.717, 1.165) is 30.2 Å². The van der Waals surface area contributed by atoms with Crippen LogP contribution in [0.25, 0.3) is 0 Å². The van der Waals surface area contributed by atoms with Crippen molar-refractivity contribution >= 4 is 27.6 Å². The lowest BCUT2D eigenvalue weighted by atomic mass is 9.93. The normalized spacial score (nSPS) is 19.9. The number of nitrogens with one attached hydrogen (secondary N) is 2. The first-order valence-electron chi connectivity index (χ1n) is 8.25. The minimum atomic E-state index is -0.474. The molecule has 0 spiro atoms. The summed E-state index contributed by atoms with van der Waals surface area (Å²) >= 11 is 3.39. The number of anilines is 1. The van der Waals surface area contributed by atoms with E-state index in [1.807, 2.05) is 24.3 Å². The Bertz CT molecular complexity index is 724. The third-order valence-corrected chi connectivity index (χ3v) is 4.55. The van der Waals surface area contributed by atoms with Crippen molar-refractivity contribution in [2.75, 3.05) is 5.32 Å². The predicted octanol–water partition coefficient (Wildman–Crippen LogP) is 4.06. The highest BCUT2D eigenvalue weighted by molar-refractivity contribution is 9.10. The minimum absolute atomic E-state index is 0.194. The number of benzene rings is 1. The van der Waals surface area contributed by atoms with E-state index in [1.54, 1.807) is 12.1 Å². The molecule has 1 aromatic carbocycles. The molecule has 6 nitrogen and oxygen atoms in total. The number of rotatable bonds is 4. The predicted molar refractivity (Wildman–Crippen MR) is 98.9 cm³/mol. The summed E-state index contributed by atoms with van der Waals surface area (Å²) in [5.74, 6) is 1.11. The zero-order valence-corrected chi connectivity index (χ0v) is 15.2. The van der Waals surface area contributed by atoms with Crippen molar-refractivity contribution < 1.29 is 14.6 Å². The fourth-order valence-electron chi connectivity index (χ4n) is 2.78. The smallest absolute Gasteiger partial charge is 0.319 e. The highest BCUT2D eigenvalue weighted by Crippen LogP contribution is 2.23. The molecule has 0 bridgehead atoms. The van der Waals surface area contributed by atoms with Gasteiger partial charge in [0.15, 0.2) is 0 Å². The van der Waals surface area contributed by atoms with Gasteiger partial charge >= 0.3 is 6.03 Å². The summed E-state index contributed by atoms with van der Waals surface area (Å²) in [7, 11) is 0. The summed E-state index contributed by atoms with van der Waals surface area (Å²) in [6.07, 6.45) is 4.61. The summed E-state index contributed by atoms with van der Waals surface area (Å²) in [6.45, 7) is 0. The van der Waals surface area contributed by atoms with Gasteiger partial charge in [-0.05, 0) is 37.1 Å². The highest BCUT2D eigenvalue weighted by Gasteiger charge is 2.24. The number of hydrogen-bond donors (Lipinski definition) is 3. The molecule has 3 N–H and O–H groups in total. The summed E-state index contributed by atoms with van der Waals surface area (Å²) in [4.78, 5) is 16.2. The van der Waals surface area contributed by atoms with Crippen LogP contribution in [0, 0.1) is 0 Å². The van der Waals surface area contributed by atoms with Gasteiger partial charge in [-0.2, -0.15) is 0 Å². The fourth-order valence-corrected chi connectivity index (χ4v) is 3.16. The van der Waals surface area contributed by atoms with Gasteiger partial charge in [-0.1, -0.05) is 34.8 Å². The van der Waals surface area contributed by atoms with E-state index in [2.05, 4.69) is 31.5 Å². The number of aromatic nitrogens is 1. The van der Waals surface area contributed by atoms with E-state index in [-0.39, 0.29) is 12.1 Å². The zero-order valence-electron chi connectivity index (χ0n) is 13.6. The number of amides is 2. The van der Waals surface area contributed by atoms with Crippen molar-refractivity contribution in [2.45, 2.75) is 37.8 Å². The maximum atomic E-state index is 12.0. The molecular weight excluding hydrogens is 386 g/mol. The van der Waals surface area contributed by atoms with Crippen molar-refractivity contribution in [1.29, 1.82) is 0 Å². The van der Waals surface area contributed by atoms with Crippen molar-refractivity contribution in [3.05, 3.63) is 47.1 Å². The van der Waals surface area contributed by atoms with Crippen molar-refractivity contribution in [3.63, 3.8) is 0 Å². The first-order valence-corrected chi connectivity index (χ1v) is 9.04. The van der Waals surface area contributed by atoms with Gasteiger partial charge in [-0.25, -0.2) is 9.78 Å². The van der Waals surface area contributed by atoms with Gasteiger partial charge in [0.1, 0.15) is 5.75 Å². The molecule has 1 aliphatic rings. The average molecular weight is 406 g/mol. The molecule has 1 aliphatic carbocycles. The van der Waals surface area contributed by atoms with Crippen LogP contribution in [0.1, 0.15) is 25.7 Å². The number of aliphatic hydroxyl groups excluding tert-OH is 1. The average Bonchev–Trinajstić information content (AvgIpc) is 2.59. The Morgan fingerprint density at radius 1 is 1.24 bits per heavy atom. The van der Waals surface area contributed by atoms with Crippen LogP contribution in [-0.2, 0) is 0 Å². The SMILES string of the molecule is O=C(Nc1ccc(Oc2cccc(Br)c2)nc1)NC1CCCCC1O. The first-order chi connectivity index (χ1) is 12.1. The molecule has 2 atom stereocenters. The molecule has 0 aliphatic heterocycles. The van der Waals surface area contributed by atoms with Crippen LogP contribution in [0.3, 0.4) is 0 Å². The Balaban J connectivity index is 1.54. The molecule has 1 heterocycles. The number of urea groups is 1. The first kappa shape index (κ1) is 17.7. The van der Waals surface area contributed by atoms with E-state index in [0.29, 0.717) is 17.3 Å². The van der Waals surface area contributed by atoms with Crippen LogP contribution in [0.4, 0.5) is 10.5 Å². The van der Waals surface area contributed by atoms with Crippen LogP contribution in [0.15, 0.2) is 47.1 Å². The number of ether oxygens (including phenoxy) is 1. The highest BCUT2D eigenvalue weighted by atomic mass is 79.9. The quantitative estimate of drug-likeness (QED) is 0.715. The van der Waals surface area contributed by atoms with E-state index < -0.39 is 6.10 Å². The molecule has 2 amide bonds. The van der Waals surface area contributed by atoms with Crippen LogP contribution >= 0.6 is 15.9 Å². The van der Waals surface area contributed by atoms with Gasteiger partial charge in [-0.3, -0.25) is 0 Å². The van der Waals surface area contributed by atoms with Crippen LogP contribution in [0.5, 0.6) is 11.6 Å². The molecule has 3 rings (SSSR count). The molecular formula is C18H20BrN3O3. The Morgan fingerprint density at radius 3 is 2.80 bits per heavy atom. The summed E-state index contributed by atoms with van der Waals surface area (Å²) in [5, 5.41) is 15.4. The van der Waals surface area contributed by atoms with Gasteiger partial charge in [0.2, 0.25) is 5.88 Å². The number of carbonyl (C=O) groups is 1. The number of aliphatic hydroxyl groups is 1. The molecule has 132 valence electrons. The van der Waals surface area contributed by atoms with Crippen LogP contribution in [0.2, 0.25) is 0 Å².